The number of amides is 1. The molecule has 1 saturated heterocycles. The maximum absolute atomic E-state index is 12.2. The monoisotopic (exact) mass is 368 g/mol. The van der Waals surface area contributed by atoms with Gasteiger partial charge in [0.2, 0.25) is 0 Å². The summed E-state index contributed by atoms with van der Waals surface area (Å²) in [6.07, 6.45) is 2.43. The standard InChI is InChI=1S/C21H24N2O4/c1-15-13-16(23-11-5-6-12-23)9-10-18(15)22-20(24)14-27-21(25)17-7-3-4-8-19(17)26-2/h3-4,7-10,13H,5-6,11-12,14H2,1-2H3,(H,22,24). The molecular weight excluding hydrogens is 344 g/mol. The van der Waals surface area contributed by atoms with Crippen molar-refractivity contribution in [3.63, 3.8) is 0 Å². The summed E-state index contributed by atoms with van der Waals surface area (Å²) in [6, 6.07) is 12.7. The first-order valence-corrected chi connectivity index (χ1v) is 9.04. The van der Waals surface area contributed by atoms with E-state index in [1.165, 1.54) is 25.6 Å². The molecule has 0 bridgehead atoms. The van der Waals surface area contributed by atoms with E-state index < -0.39 is 5.97 Å². The topological polar surface area (TPSA) is 67.9 Å². The van der Waals surface area contributed by atoms with Crippen LogP contribution in [-0.2, 0) is 9.53 Å². The number of benzene rings is 2. The SMILES string of the molecule is COc1ccccc1C(=O)OCC(=O)Nc1ccc(N2CCCC2)cc1C. The quantitative estimate of drug-likeness (QED) is 0.792. The minimum atomic E-state index is -0.594. The van der Waals surface area contributed by atoms with Gasteiger partial charge in [-0.15, -0.1) is 0 Å². The van der Waals surface area contributed by atoms with Crippen LogP contribution in [0.25, 0.3) is 0 Å². The van der Waals surface area contributed by atoms with Gasteiger partial charge in [-0.25, -0.2) is 4.79 Å². The second-order valence-corrected chi connectivity index (χ2v) is 6.52. The van der Waals surface area contributed by atoms with E-state index in [0.29, 0.717) is 11.3 Å². The highest BCUT2D eigenvalue weighted by Crippen LogP contribution is 2.25. The van der Waals surface area contributed by atoms with E-state index in [1.807, 2.05) is 19.1 Å². The summed E-state index contributed by atoms with van der Waals surface area (Å²) >= 11 is 0. The Labute approximate surface area is 159 Å². The number of nitrogens with zero attached hydrogens (tertiary/aromatic N) is 1. The normalized spacial score (nSPS) is 13.3. The van der Waals surface area contributed by atoms with E-state index in [2.05, 4.69) is 16.3 Å². The van der Waals surface area contributed by atoms with Crippen LogP contribution in [0.5, 0.6) is 5.75 Å². The molecule has 0 aromatic heterocycles. The molecule has 2 aromatic rings. The fraction of sp³-hybridized carbons (Fsp3) is 0.333. The molecular formula is C21H24N2O4. The lowest BCUT2D eigenvalue weighted by Gasteiger charge is -2.19. The number of hydrogen-bond donors (Lipinski definition) is 1. The van der Waals surface area contributed by atoms with Gasteiger partial charge in [0.05, 0.1) is 7.11 Å². The van der Waals surface area contributed by atoms with Crippen molar-refractivity contribution in [1.82, 2.24) is 0 Å². The Kier molecular flexibility index (Phi) is 5.96. The third-order valence-corrected chi connectivity index (χ3v) is 4.62. The Morgan fingerprint density at radius 1 is 1.11 bits per heavy atom. The number of esters is 1. The van der Waals surface area contributed by atoms with Crippen molar-refractivity contribution in [2.75, 3.05) is 37.0 Å². The molecule has 1 N–H and O–H groups in total. The molecule has 1 amide bonds. The maximum atomic E-state index is 12.2. The Balaban J connectivity index is 1.57. The van der Waals surface area contributed by atoms with E-state index >= 15 is 0 Å². The molecule has 1 heterocycles. The Morgan fingerprint density at radius 2 is 1.85 bits per heavy atom. The second kappa shape index (κ2) is 8.58. The molecule has 1 aliphatic rings. The summed E-state index contributed by atoms with van der Waals surface area (Å²) in [4.78, 5) is 26.7. The lowest BCUT2D eigenvalue weighted by Crippen LogP contribution is -2.22. The van der Waals surface area contributed by atoms with Crippen molar-refractivity contribution in [1.29, 1.82) is 0 Å². The molecule has 0 aliphatic carbocycles. The molecule has 0 saturated carbocycles. The number of rotatable bonds is 6. The van der Waals surface area contributed by atoms with Crippen LogP contribution in [0.15, 0.2) is 42.5 Å². The van der Waals surface area contributed by atoms with Gasteiger partial charge in [0.15, 0.2) is 6.61 Å². The lowest BCUT2D eigenvalue weighted by molar-refractivity contribution is -0.119. The molecule has 0 unspecified atom stereocenters. The van der Waals surface area contributed by atoms with Crippen LogP contribution < -0.4 is 15.0 Å². The third-order valence-electron chi connectivity index (χ3n) is 4.62. The minimum Gasteiger partial charge on any atom is -0.496 e. The van der Waals surface area contributed by atoms with Crippen LogP contribution >= 0.6 is 0 Å². The summed E-state index contributed by atoms with van der Waals surface area (Å²) in [5.74, 6) is -0.560. The molecule has 6 heteroatoms. The molecule has 6 nitrogen and oxygen atoms in total. The van der Waals surface area contributed by atoms with Crippen LogP contribution in [-0.4, -0.2) is 38.7 Å². The average molecular weight is 368 g/mol. The van der Waals surface area contributed by atoms with Gasteiger partial charge in [0.25, 0.3) is 5.91 Å². The zero-order chi connectivity index (χ0) is 19.2. The van der Waals surface area contributed by atoms with Gasteiger partial charge in [0, 0.05) is 24.5 Å². The van der Waals surface area contributed by atoms with Gasteiger partial charge in [0.1, 0.15) is 11.3 Å². The first-order chi connectivity index (χ1) is 13.1. The van der Waals surface area contributed by atoms with E-state index in [-0.39, 0.29) is 12.5 Å². The van der Waals surface area contributed by atoms with E-state index in [4.69, 9.17) is 9.47 Å². The average Bonchev–Trinajstić information content (AvgIpc) is 3.22. The largest absolute Gasteiger partial charge is 0.496 e. The van der Waals surface area contributed by atoms with Crippen LogP contribution in [0.2, 0.25) is 0 Å². The van der Waals surface area contributed by atoms with Gasteiger partial charge < -0.3 is 19.7 Å². The van der Waals surface area contributed by atoms with Crippen LogP contribution in [0, 0.1) is 6.92 Å². The first-order valence-electron chi connectivity index (χ1n) is 9.04. The third kappa shape index (κ3) is 4.58. The molecule has 3 rings (SSSR count). The maximum Gasteiger partial charge on any atom is 0.342 e. The van der Waals surface area contributed by atoms with Gasteiger partial charge in [-0.3, -0.25) is 4.79 Å². The number of carbonyl (C=O) groups is 2. The number of methoxy groups -OCH3 is 1. The van der Waals surface area contributed by atoms with Crippen molar-refractivity contribution < 1.29 is 19.1 Å². The summed E-state index contributed by atoms with van der Waals surface area (Å²) in [6.45, 7) is 3.74. The second-order valence-electron chi connectivity index (χ2n) is 6.52. The van der Waals surface area contributed by atoms with Crippen LogP contribution in [0.4, 0.5) is 11.4 Å². The van der Waals surface area contributed by atoms with Crippen LogP contribution in [0.3, 0.4) is 0 Å². The number of nitrogens with one attached hydrogen (secondary N) is 1. The van der Waals surface area contributed by atoms with Crippen molar-refractivity contribution in [2.45, 2.75) is 19.8 Å². The summed E-state index contributed by atoms with van der Waals surface area (Å²) < 4.78 is 10.2. The van der Waals surface area contributed by atoms with Crippen LogP contribution in [0.1, 0.15) is 28.8 Å². The summed E-state index contributed by atoms with van der Waals surface area (Å²) in [5, 5.41) is 2.80. The van der Waals surface area contributed by atoms with Gasteiger partial charge >= 0.3 is 5.97 Å². The Morgan fingerprint density at radius 3 is 2.56 bits per heavy atom. The molecule has 0 radical (unpaired) electrons. The summed E-state index contributed by atoms with van der Waals surface area (Å²) in [5.41, 5.74) is 3.16. The van der Waals surface area contributed by atoms with Gasteiger partial charge in [-0.1, -0.05) is 12.1 Å². The van der Waals surface area contributed by atoms with E-state index in [9.17, 15) is 9.59 Å². The predicted octanol–water partition coefficient (Wildman–Crippen LogP) is 3.40. The molecule has 0 spiro atoms. The zero-order valence-corrected chi connectivity index (χ0v) is 15.7. The Bertz CT molecular complexity index is 829. The van der Waals surface area contributed by atoms with Gasteiger partial charge in [-0.05, 0) is 55.7 Å². The lowest BCUT2D eigenvalue weighted by atomic mass is 10.1. The highest BCUT2D eigenvalue weighted by molar-refractivity contribution is 5.97. The Hall–Kier alpha value is -3.02. The fourth-order valence-electron chi connectivity index (χ4n) is 3.17. The molecule has 0 atom stereocenters. The smallest absolute Gasteiger partial charge is 0.342 e. The van der Waals surface area contributed by atoms with Crippen molar-refractivity contribution in [3.8, 4) is 5.75 Å². The molecule has 1 fully saturated rings. The molecule has 142 valence electrons. The predicted molar refractivity (Wildman–Crippen MR) is 105 cm³/mol. The number of anilines is 2. The fourth-order valence-corrected chi connectivity index (χ4v) is 3.17. The summed E-state index contributed by atoms with van der Waals surface area (Å²) in [7, 11) is 1.48. The number of carbonyl (C=O) groups excluding carboxylic acids is 2. The molecule has 1 aliphatic heterocycles. The number of hydrogen-bond acceptors (Lipinski definition) is 5. The number of aryl methyl sites for hydroxylation is 1. The van der Waals surface area contributed by atoms with Crippen molar-refractivity contribution in [3.05, 3.63) is 53.6 Å². The molecule has 27 heavy (non-hydrogen) atoms. The minimum absolute atomic E-state index is 0.291. The number of para-hydroxylation sites is 1. The van der Waals surface area contributed by atoms with E-state index in [0.717, 1.165) is 24.3 Å². The first kappa shape index (κ1) is 18.8. The van der Waals surface area contributed by atoms with E-state index in [1.54, 1.807) is 24.3 Å². The van der Waals surface area contributed by atoms with Crippen molar-refractivity contribution >= 4 is 23.3 Å². The highest BCUT2D eigenvalue weighted by Gasteiger charge is 2.16. The molecule has 2 aromatic carbocycles. The zero-order valence-electron chi connectivity index (χ0n) is 15.7. The van der Waals surface area contributed by atoms with Crippen molar-refractivity contribution in [2.24, 2.45) is 0 Å². The number of ether oxygens (including phenoxy) is 2. The van der Waals surface area contributed by atoms with Gasteiger partial charge in [-0.2, -0.15) is 0 Å². The highest BCUT2D eigenvalue weighted by atomic mass is 16.5.